The number of carbonyl (C=O) groups excluding carboxylic acids is 2. The van der Waals surface area contributed by atoms with E-state index < -0.39 is 17.7 Å². The highest BCUT2D eigenvalue weighted by molar-refractivity contribution is 6.03. The third-order valence-corrected chi connectivity index (χ3v) is 4.63. The molecule has 1 atom stereocenters. The predicted octanol–water partition coefficient (Wildman–Crippen LogP) is 4.31. The largest absolute Gasteiger partial charge is 0.416 e. The molecule has 142 valence electrons. The zero-order valence-corrected chi connectivity index (χ0v) is 14.9. The molecule has 1 heterocycles. The molecule has 2 amide bonds. The Labute approximate surface area is 155 Å². The number of hydrogen-bond donors (Lipinski definition) is 1. The van der Waals surface area contributed by atoms with Gasteiger partial charge in [-0.2, -0.15) is 13.2 Å². The first-order chi connectivity index (χ1) is 12.6. The molecule has 1 aliphatic heterocycles. The third kappa shape index (κ3) is 4.13. The van der Waals surface area contributed by atoms with E-state index in [9.17, 15) is 22.8 Å². The second-order valence-electron chi connectivity index (χ2n) is 6.76. The molecule has 27 heavy (non-hydrogen) atoms. The molecule has 0 saturated carbocycles. The van der Waals surface area contributed by atoms with Gasteiger partial charge in [-0.1, -0.05) is 18.2 Å². The number of rotatable bonds is 3. The maximum absolute atomic E-state index is 12.9. The van der Waals surface area contributed by atoms with Gasteiger partial charge in [0.1, 0.15) is 0 Å². The summed E-state index contributed by atoms with van der Waals surface area (Å²) in [6.07, 6.45) is -4.52. The fourth-order valence-corrected chi connectivity index (χ4v) is 3.09. The van der Waals surface area contributed by atoms with Crippen LogP contribution < -0.4 is 10.2 Å². The first kappa shape index (κ1) is 18.9. The van der Waals surface area contributed by atoms with Crippen LogP contribution in [0.2, 0.25) is 0 Å². The van der Waals surface area contributed by atoms with Crippen LogP contribution in [-0.4, -0.2) is 18.4 Å². The van der Waals surface area contributed by atoms with Gasteiger partial charge < -0.3 is 10.2 Å². The molecule has 1 N–H and O–H groups in total. The van der Waals surface area contributed by atoms with Gasteiger partial charge in [-0.25, -0.2) is 0 Å². The maximum Gasteiger partial charge on any atom is 0.416 e. The number of alkyl halides is 3. The highest BCUT2D eigenvalue weighted by Crippen LogP contribution is 2.33. The monoisotopic (exact) mass is 376 g/mol. The first-order valence-electron chi connectivity index (χ1n) is 8.51. The van der Waals surface area contributed by atoms with Crippen LogP contribution >= 0.6 is 0 Å². The van der Waals surface area contributed by atoms with Crippen molar-refractivity contribution in [3.05, 3.63) is 59.2 Å². The van der Waals surface area contributed by atoms with Crippen molar-refractivity contribution in [2.45, 2.75) is 26.4 Å². The predicted molar refractivity (Wildman–Crippen MR) is 96.4 cm³/mol. The van der Waals surface area contributed by atoms with Gasteiger partial charge in [0, 0.05) is 24.3 Å². The number of amides is 2. The Balaban J connectivity index is 1.75. The van der Waals surface area contributed by atoms with Crippen LogP contribution in [0.3, 0.4) is 0 Å². The Bertz CT molecular complexity index is 893. The molecule has 1 saturated heterocycles. The maximum atomic E-state index is 12.9. The fraction of sp³-hybridized carbons (Fsp3) is 0.300. The van der Waals surface area contributed by atoms with Gasteiger partial charge in [0.15, 0.2) is 0 Å². The Kier molecular flexibility index (Phi) is 4.95. The molecular formula is C20H19F3N2O2. The van der Waals surface area contributed by atoms with E-state index in [0.29, 0.717) is 5.69 Å². The lowest BCUT2D eigenvalue weighted by Gasteiger charge is -2.18. The topological polar surface area (TPSA) is 49.4 Å². The van der Waals surface area contributed by atoms with E-state index in [1.807, 2.05) is 32.0 Å². The van der Waals surface area contributed by atoms with Crippen molar-refractivity contribution in [2.75, 3.05) is 16.8 Å². The van der Waals surface area contributed by atoms with Crippen LogP contribution in [0.15, 0.2) is 42.5 Å². The molecule has 0 unspecified atom stereocenters. The Morgan fingerprint density at radius 2 is 1.89 bits per heavy atom. The van der Waals surface area contributed by atoms with Crippen LogP contribution in [0.4, 0.5) is 24.5 Å². The normalized spacial score (nSPS) is 17.3. The second-order valence-corrected chi connectivity index (χ2v) is 6.76. The quantitative estimate of drug-likeness (QED) is 0.868. The minimum atomic E-state index is -4.49. The van der Waals surface area contributed by atoms with Crippen LogP contribution in [0.1, 0.15) is 23.1 Å². The summed E-state index contributed by atoms with van der Waals surface area (Å²) in [5.74, 6) is -1.30. The number of aryl methyl sites for hydroxylation is 2. The first-order valence-corrected chi connectivity index (χ1v) is 8.51. The average Bonchev–Trinajstić information content (AvgIpc) is 2.99. The number of halogens is 3. The van der Waals surface area contributed by atoms with E-state index >= 15 is 0 Å². The smallest absolute Gasteiger partial charge is 0.326 e. The summed E-state index contributed by atoms with van der Waals surface area (Å²) in [6.45, 7) is 3.82. The number of hydrogen-bond acceptors (Lipinski definition) is 2. The minimum absolute atomic E-state index is 0.0348. The highest BCUT2D eigenvalue weighted by atomic mass is 19.4. The molecule has 1 fully saturated rings. The van der Waals surface area contributed by atoms with E-state index in [1.54, 1.807) is 0 Å². The molecule has 2 aromatic carbocycles. The van der Waals surface area contributed by atoms with Crippen molar-refractivity contribution in [2.24, 2.45) is 5.92 Å². The third-order valence-electron chi connectivity index (χ3n) is 4.63. The van der Waals surface area contributed by atoms with Gasteiger partial charge in [-0.15, -0.1) is 0 Å². The van der Waals surface area contributed by atoms with Gasteiger partial charge in [0.2, 0.25) is 11.8 Å². The van der Waals surface area contributed by atoms with E-state index in [0.717, 1.165) is 23.3 Å². The molecule has 0 spiro atoms. The van der Waals surface area contributed by atoms with Gasteiger partial charge >= 0.3 is 6.18 Å². The summed E-state index contributed by atoms with van der Waals surface area (Å²) in [4.78, 5) is 26.1. The number of nitrogens with one attached hydrogen (secondary N) is 1. The lowest BCUT2D eigenvalue weighted by molar-refractivity contribution is -0.137. The molecular weight excluding hydrogens is 357 g/mol. The van der Waals surface area contributed by atoms with Crippen molar-refractivity contribution >= 4 is 23.2 Å². The zero-order valence-electron chi connectivity index (χ0n) is 14.9. The van der Waals surface area contributed by atoms with Crippen LogP contribution in [-0.2, 0) is 15.8 Å². The summed E-state index contributed by atoms with van der Waals surface area (Å²) in [7, 11) is 0. The number of nitrogens with zero attached hydrogens (tertiary/aromatic N) is 1. The van der Waals surface area contributed by atoms with E-state index in [-0.39, 0.29) is 30.5 Å². The molecule has 1 aliphatic rings. The molecule has 0 radical (unpaired) electrons. The van der Waals surface area contributed by atoms with Crippen LogP contribution in [0.5, 0.6) is 0 Å². The van der Waals surface area contributed by atoms with Gasteiger partial charge in [0.25, 0.3) is 0 Å². The SMILES string of the molecule is Cc1ccc(C)c(NC(=O)[C@H]2CC(=O)N(c3cccc(C(F)(F)F)c3)C2)c1. The molecule has 3 rings (SSSR count). The zero-order chi connectivity index (χ0) is 19.8. The van der Waals surface area contributed by atoms with E-state index in [1.165, 1.54) is 17.0 Å². The van der Waals surface area contributed by atoms with Gasteiger partial charge in [-0.3, -0.25) is 9.59 Å². The second kappa shape index (κ2) is 7.06. The number of carbonyl (C=O) groups is 2. The standard InChI is InChI=1S/C20H19F3N2O2/c1-12-6-7-13(2)17(8-12)24-19(27)14-9-18(26)25(11-14)16-5-3-4-15(10-16)20(21,22)23/h3-8,10,14H,9,11H2,1-2H3,(H,24,27)/t14-/m0/s1. The Hall–Kier alpha value is -2.83. The molecule has 0 bridgehead atoms. The van der Waals surface area contributed by atoms with Crippen LogP contribution in [0.25, 0.3) is 0 Å². The van der Waals surface area contributed by atoms with Crippen molar-refractivity contribution in [1.82, 2.24) is 0 Å². The van der Waals surface area contributed by atoms with Crippen molar-refractivity contribution in [3.8, 4) is 0 Å². The lowest BCUT2D eigenvalue weighted by Crippen LogP contribution is -2.28. The summed E-state index contributed by atoms with van der Waals surface area (Å²) < 4.78 is 38.7. The molecule has 4 nitrogen and oxygen atoms in total. The molecule has 2 aromatic rings. The average molecular weight is 376 g/mol. The fourth-order valence-electron chi connectivity index (χ4n) is 3.09. The highest BCUT2D eigenvalue weighted by Gasteiger charge is 2.37. The van der Waals surface area contributed by atoms with E-state index in [2.05, 4.69) is 5.32 Å². The van der Waals surface area contributed by atoms with E-state index in [4.69, 9.17) is 0 Å². The van der Waals surface area contributed by atoms with Crippen molar-refractivity contribution < 1.29 is 22.8 Å². The van der Waals surface area contributed by atoms with Gasteiger partial charge in [-0.05, 0) is 49.2 Å². The molecule has 0 aromatic heterocycles. The Morgan fingerprint density at radius 3 is 2.59 bits per heavy atom. The summed E-state index contributed by atoms with van der Waals surface area (Å²) in [6, 6.07) is 10.2. The van der Waals surface area contributed by atoms with Gasteiger partial charge in [0.05, 0.1) is 11.5 Å². The summed E-state index contributed by atoms with van der Waals surface area (Å²) in [5.41, 5.74) is 1.88. The molecule has 7 heteroatoms. The molecule has 0 aliphatic carbocycles. The number of anilines is 2. The van der Waals surface area contributed by atoms with Crippen molar-refractivity contribution in [3.63, 3.8) is 0 Å². The Morgan fingerprint density at radius 1 is 1.15 bits per heavy atom. The van der Waals surface area contributed by atoms with Crippen LogP contribution in [0, 0.1) is 19.8 Å². The summed E-state index contributed by atoms with van der Waals surface area (Å²) in [5, 5.41) is 2.82. The lowest BCUT2D eigenvalue weighted by atomic mass is 10.1. The summed E-state index contributed by atoms with van der Waals surface area (Å²) >= 11 is 0. The van der Waals surface area contributed by atoms with Crippen molar-refractivity contribution in [1.29, 1.82) is 0 Å². The number of benzene rings is 2. The minimum Gasteiger partial charge on any atom is -0.326 e.